The number of rotatable bonds is 6. The average molecular weight is 599 g/mol. The minimum absolute atomic E-state index is 0.0157. The number of hydrogen-bond donors (Lipinski definition) is 0. The Morgan fingerprint density at radius 3 is 2.44 bits per heavy atom. The van der Waals surface area contributed by atoms with Gasteiger partial charge < -0.3 is 9.80 Å². The van der Waals surface area contributed by atoms with Crippen molar-refractivity contribution in [3.63, 3.8) is 0 Å². The molecule has 2 atom stereocenters. The number of carbonyl (C=O) groups excluding carboxylic acids is 2. The predicted octanol–water partition coefficient (Wildman–Crippen LogP) is 5.74. The molecule has 0 N–H and O–H groups in total. The number of amides is 1. The van der Waals surface area contributed by atoms with Crippen LogP contribution in [-0.4, -0.2) is 61.8 Å². The highest BCUT2D eigenvalue weighted by molar-refractivity contribution is 6.34. The Morgan fingerprint density at radius 2 is 1.79 bits per heavy atom. The summed E-state index contributed by atoms with van der Waals surface area (Å²) >= 11 is 6.92. The highest BCUT2D eigenvalue weighted by Crippen LogP contribution is 2.37. The second-order valence-corrected chi connectivity index (χ2v) is 11.7. The van der Waals surface area contributed by atoms with Crippen LogP contribution in [0.15, 0.2) is 59.5 Å². The van der Waals surface area contributed by atoms with Gasteiger partial charge in [0.25, 0.3) is 0 Å². The second kappa shape index (κ2) is 12.1. The van der Waals surface area contributed by atoms with Gasteiger partial charge in [-0.25, -0.2) is 14.3 Å². The maximum Gasteiger partial charge on any atom is 0.355 e. The highest BCUT2D eigenvalue weighted by atomic mass is 35.5. The number of halogens is 1. The van der Waals surface area contributed by atoms with Gasteiger partial charge in [0.2, 0.25) is 5.91 Å². The molecule has 0 spiro atoms. The summed E-state index contributed by atoms with van der Waals surface area (Å²) in [4.78, 5) is 57.0. The van der Waals surface area contributed by atoms with E-state index < -0.39 is 5.69 Å². The van der Waals surface area contributed by atoms with Gasteiger partial charge in [-0.2, -0.15) is 4.98 Å². The van der Waals surface area contributed by atoms with Crippen LogP contribution in [0, 0.1) is 6.92 Å². The number of piperazine rings is 1. The van der Waals surface area contributed by atoms with Gasteiger partial charge in [-0.15, -0.1) is 0 Å². The molecule has 1 amide bonds. The third-order valence-electron chi connectivity index (χ3n) is 7.85. The highest BCUT2D eigenvalue weighted by Gasteiger charge is 2.34. The second-order valence-electron chi connectivity index (χ2n) is 11.3. The fraction of sp³-hybridized carbons (Fsp3) is 0.333. The van der Waals surface area contributed by atoms with E-state index in [1.807, 2.05) is 58.6 Å². The van der Waals surface area contributed by atoms with Crippen LogP contribution in [-0.2, 0) is 4.79 Å². The van der Waals surface area contributed by atoms with Gasteiger partial charge in [0, 0.05) is 42.5 Å². The van der Waals surface area contributed by atoms with Crippen molar-refractivity contribution in [3.8, 4) is 16.9 Å². The molecule has 4 aromatic rings. The van der Waals surface area contributed by atoms with E-state index in [9.17, 15) is 14.4 Å². The van der Waals surface area contributed by atoms with Crippen molar-refractivity contribution in [2.45, 2.75) is 59.5 Å². The van der Waals surface area contributed by atoms with Gasteiger partial charge in [0.05, 0.1) is 27.5 Å². The van der Waals surface area contributed by atoms with Gasteiger partial charge in [0.1, 0.15) is 5.82 Å². The van der Waals surface area contributed by atoms with Gasteiger partial charge in [-0.3, -0.25) is 14.6 Å². The van der Waals surface area contributed by atoms with Gasteiger partial charge in [-0.1, -0.05) is 55.8 Å². The summed E-state index contributed by atoms with van der Waals surface area (Å²) in [6, 6.07) is 10.4. The first-order chi connectivity index (χ1) is 20.6. The number of hydrogen-bond acceptors (Lipinski definition) is 7. The van der Waals surface area contributed by atoms with Crippen molar-refractivity contribution < 1.29 is 9.59 Å². The van der Waals surface area contributed by atoms with Crippen molar-refractivity contribution in [3.05, 3.63) is 87.1 Å². The summed E-state index contributed by atoms with van der Waals surface area (Å²) in [5, 5.41) is 0.908. The smallest absolute Gasteiger partial charge is 0.347 e. The molecule has 0 aliphatic carbocycles. The number of aldehydes is 1. The lowest BCUT2D eigenvalue weighted by Crippen LogP contribution is -2.58. The van der Waals surface area contributed by atoms with Crippen molar-refractivity contribution in [1.82, 2.24) is 24.4 Å². The number of fused-ring (bicyclic) bond motifs is 1. The van der Waals surface area contributed by atoms with E-state index in [0.29, 0.717) is 57.5 Å². The molecule has 1 aliphatic rings. The number of nitrogens with zero attached hydrogens (tertiary/aromatic N) is 6. The van der Waals surface area contributed by atoms with E-state index in [2.05, 4.69) is 14.9 Å². The number of pyridine rings is 2. The first-order valence-electron chi connectivity index (χ1n) is 14.4. The van der Waals surface area contributed by atoms with E-state index in [-0.39, 0.29) is 23.9 Å². The molecule has 43 heavy (non-hydrogen) atoms. The summed E-state index contributed by atoms with van der Waals surface area (Å²) in [6.07, 6.45) is 5.80. The molecular weight excluding hydrogens is 564 g/mol. The van der Waals surface area contributed by atoms with E-state index in [0.717, 1.165) is 17.5 Å². The summed E-state index contributed by atoms with van der Waals surface area (Å²) in [5.74, 6) is 0.416. The van der Waals surface area contributed by atoms with E-state index in [1.54, 1.807) is 42.6 Å². The molecule has 0 bridgehead atoms. The lowest BCUT2D eigenvalue weighted by molar-refractivity contribution is -0.127. The maximum atomic E-state index is 14.1. The first kappa shape index (κ1) is 30.1. The Labute approximate surface area is 255 Å². The minimum Gasteiger partial charge on any atom is -0.347 e. The van der Waals surface area contributed by atoms with Crippen LogP contribution in [0.2, 0.25) is 5.02 Å². The Kier molecular flexibility index (Phi) is 8.46. The largest absolute Gasteiger partial charge is 0.355 e. The molecule has 222 valence electrons. The summed E-state index contributed by atoms with van der Waals surface area (Å²) < 4.78 is 1.51. The predicted molar refractivity (Wildman–Crippen MR) is 170 cm³/mol. The Balaban J connectivity index is 1.82. The number of aromatic nitrogens is 4. The van der Waals surface area contributed by atoms with Crippen LogP contribution in [0.5, 0.6) is 0 Å². The molecule has 4 heterocycles. The fourth-order valence-electron chi connectivity index (χ4n) is 5.96. The first-order valence-corrected chi connectivity index (χ1v) is 14.8. The standard InChI is InChI=1S/C33H35ClN6O3/c1-7-10-27(42)38-16-21(5)39(22(6)17-38)32-25-15-26(34)29(24-12-9-8-11-23(24)18-41)36-31(25)40(33(43)37-32)30-20(4)13-14-35-28(30)19(2)3/h7-15,18-19,21-22H,16-17H2,1-6H3/b10-7+/t21-,22-/m0/s1. The van der Waals surface area contributed by atoms with Crippen LogP contribution >= 0.6 is 11.6 Å². The van der Waals surface area contributed by atoms with Crippen molar-refractivity contribution in [2.75, 3.05) is 18.0 Å². The number of aryl methyl sites for hydroxylation is 1. The number of benzene rings is 1. The Bertz CT molecular complexity index is 1800. The molecule has 9 nitrogen and oxygen atoms in total. The average Bonchev–Trinajstić information content (AvgIpc) is 2.97. The lowest BCUT2D eigenvalue weighted by atomic mass is 10.0. The minimum atomic E-state index is -0.503. The molecule has 0 saturated carbocycles. The molecule has 10 heteroatoms. The summed E-state index contributed by atoms with van der Waals surface area (Å²) in [6.45, 7) is 12.7. The van der Waals surface area contributed by atoms with Crippen LogP contribution in [0.4, 0.5) is 5.82 Å². The molecule has 0 unspecified atom stereocenters. The molecule has 3 aromatic heterocycles. The van der Waals surface area contributed by atoms with Crippen molar-refractivity contribution >= 4 is 40.6 Å². The molecule has 1 saturated heterocycles. The Morgan fingerprint density at radius 1 is 1.09 bits per heavy atom. The van der Waals surface area contributed by atoms with Crippen molar-refractivity contribution in [1.29, 1.82) is 0 Å². The zero-order chi connectivity index (χ0) is 31.0. The molecule has 1 fully saturated rings. The number of carbonyl (C=O) groups is 2. The van der Waals surface area contributed by atoms with Gasteiger partial charge in [-0.05, 0) is 57.4 Å². The number of anilines is 1. The van der Waals surface area contributed by atoms with E-state index in [1.165, 1.54) is 4.57 Å². The molecule has 5 rings (SSSR count). The van der Waals surface area contributed by atoms with Crippen LogP contribution in [0.25, 0.3) is 28.0 Å². The zero-order valence-corrected chi connectivity index (χ0v) is 26.0. The molecular formula is C33H35ClN6O3. The van der Waals surface area contributed by atoms with Crippen LogP contribution < -0.4 is 10.6 Å². The fourth-order valence-corrected chi connectivity index (χ4v) is 6.21. The summed E-state index contributed by atoms with van der Waals surface area (Å²) in [5.41, 5.74) is 3.45. The van der Waals surface area contributed by atoms with Crippen LogP contribution in [0.1, 0.15) is 62.2 Å². The van der Waals surface area contributed by atoms with E-state index >= 15 is 0 Å². The number of allylic oxidation sites excluding steroid dienone is 1. The lowest BCUT2D eigenvalue weighted by Gasteiger charge is -2.45. The molecule has 1 aromatic carbocycles. The van der Waals surface area contributed by atoms with Crippen LogP contribution in [0.3, 0.4) is 0 Å². The Hall–Kier alpha value is -4.37. The summed E-state index contributed by atoms with van der Waals surface area (Å²) in [7, 11) is 0. The van der Waals surface area contributed by atoms with Crippen molar-refractivity contribution in [2.24, 2.45) is 0 Å². The maximum absolute atomic E-state index is 14.1. The monoisotopic (exact) mass is 598 g/mol. The quantitative estimate of drug-likeness (QED) is 0.206. The normalized spacial score (nSPS) is 17.3. The van der Waals surface area contributed by atoms with Gasteiger partial charge >= 0.3 is 5.69 Å². The topological polar surface area (TPSA) is 101 Å². The third-order valence-corrected chi connectivity index (χ3v) is 8.14. The van der Waals surface area contributed by atoms with Gasteiger partial charge in [0.15, 0.2) is 11.9 Å². The van der Waals surface area contributed by atoms with E-state index in [4.69, 9.17) is 16.6 Å². The molecule has 1 aliphatic heterocycles. The third kappa shape index (κ3) is 5.45. The molecule has 0 radical (unpaired) electrons. The zero-order valence-electron chi connectivity index (χ0n) is 25.2. The SMILES string of the molecule is C/C=C/C(=O)N1C[C@H](C)N(c2nc(=O)n(-c3c(C)ccnc3C(C)C)c3nc(-c4ccccc4C=O)c(Cl)cc23)[C@@H](C)C1.